The normalized spacial score (nSPS) is 18.2. The molecule has 162 valence electrons. The van der Waals surface area contributed by atoms with Crippen LogP contribution in [0.3, 0.4) is 0 Å². The average Bonchev–Trinajstić information content (AvgIpc) is 2.77. The molecule has 0 aromatic heterocycles. The zero-order valence-corrected chi connectivity index (χ0v) is 18.0. The Hall–Kier alpha value is -1.96. The van der Waals surface area contributed by atoms with Crippen LogP contribution in [0.2, 0.25) is 0 Å². The second-order valence-electron chi connectivity index (χ2n) is 8.05. The van der Waals surface area contributed by atoms with E-state index in [1.165, 1.54) is 54.9 Å². The maximum absolute atomic E-state index is 14.1. The number of hydrogen-bond donors (Lipinski definition) is 0. The lowest BCUT2D eigenvalue weighted by molar-refractivity contribution is 0.205. The highest BCUT2D eigenvalue weighted by Crippen LogP contribution is 2.28. The van der Waals surface area contributed by atoms with Gasteiger partial charge in [0.15, 0.2) is 0 Å². The predicted octanol–water partition coefficient (Wildman–Crippen LogP) is 3.83. The summed E-state index contributed by atoms with van der Waals surface area (Å²) in [6, 6.07) is 11.4. The molecule has 30 heavy (non-hydrogen) atoms. The Balaban J connectivity index is 1.38. The molecular weight excluding hydrogens is 403 g/mol. The molecule has 5 nitrogen and oxygen atoms in total. The standard InChI is InChI=1S/C23H29FN2O3S/c24-22-7-2-3-8-23(22)30(27,28)26-15-11-19-9-10-21(17-20(19)18-26)29-16-6-14-25-12-4-1-5-13-25/h2-3,7-10,17H,1,4-6,11-16,18H2. The van der Waals surface area contributed by atoms with E-state index < -0.39 is 15.8 Å². The summed E-state index contributed by atoms with van der Waals surface area (Å²) in [5.41, 5.74) is 2.05. The van der Waals surface area contributed by atoms with E-state index in [1.807, 2.05) is 18.2 Å². The van der Waals surface area contributed by atoms with Crippen molar-refractivity contribution in [1.29, 1.82) is 0 Å². The van der Waals surface area contributed by atoms with Crippen LogP contribution in [0.4, 0.5) is 4.39 Å². The maximum atomic E-state index is 14.1. The van der Waals surface area contributed by atoms with Crippen LogP contribution >= 0.6 is 0 Å². The van der Waals surface area contributed by atoms with Crippen molar-refractivity contribution in [1.82, 2.24) is 9.21 Å². The molecule has 1 fully saturated rings. The molecule has 0 amide bonds. The molecule has 2 aliphatic rings. The fraction of sp³-hybridized carbons (Fsp3) is 0.478. The summed E-state index contributed by atoms with van der Waals surface area (Å²) < 4.78 is 47.2. The largest absolute Gasteiger partial charge is 0.494 e. The van der Waals surface area contributed by atoms with E-state index in [4.69, 9.17) is 4.74 Å². The van der Waals surface area contributed by atoms with Gasteiger partial charge in [0.2, 0.25) is 10.0 Å². The number of fused-ring (bicyclic) bond motifs is 1. The first-order chi connectivity index (χ1) is 14.5. The minimum absolute atomic E-state index is 0.233. The van der Waals surface area contributed by atoms with Crippen molar-refractivity contribution < 1.29 is 17.5 Å². The Morgan fingerprint density at radius 3 is 2.57 bits per heavy atom. The highest BCUT2D eigenvalue weighted by molar-refractivity contribution is 7.89. The summed E-state index contributed by atoms with van der Waals surface area (Å²) in [5.74, 6) is 0.0478. The molecular formula is C23H29FN2O3S. The lowest BCUT2D eigenvalue weighted by Gasteiger charge is -2.28. The molecule has 0 radical (unpaired) electrons. The molecule has 0 unspecified atom stereocenters. The van der Waals surface area contributed by atoms with E-state index in [0.29, 0.717) is 19.6 Å². The molecule has 0 spiro atoms. The van der Waals surface area contributed by atoms with Gasteiger partial charge < -0.3 is 9.64 Å². The van der Waals surface area contributed by atoms with Gasteiger partial charge in [-0.3, -0.25) is 0 Å². The van der Waals surface area contributed by atoms with Crippen LogP contribution in [0.25, 0.3) is 0 Å². The number of hydrogen-bond acceptors (Lipinski definition) is 4. The van der Waals surface area contributed by atoms with Gasteiger partial charge in [0, 0.05) is 19.6 Å². The summed E-state index contributed by atoms with van der Waals surface area (Å²) in [6.45, 7) is 4.65. The van der Waals surface area contributed by atoms with E-state index in [0.717, 1.165) is 29.8 Å². The molecule has 4 rings (SSSR count). The topological polar surface area (TPSA) is 49.9 Å². The highest BCUT2D eigenvalue weighted by Gasteiger charge is 2.30. The fourth-order valence-corrected chi connectivity index (χ4v) is 5.74. The summed E-state index contributed by atoms with van der Waals surface area (Å²) in [4.78, 5) is 2.23. The van der Waals surface area contributed by atoms with Gasteiger partial charge in [-0.1, -0.05) is 24.6 Å². The van der Waals surface area contributed by atoms with Gasteiger partial charge in [0.1, 0.15) is 16.5 Å². The van der Waals surface area contributed by atoms with Crippen LogP contribution in [0.5, 0.6) is 5.75 Å². The third kappa shape index (κ3) is 4.85. The van der Waals surface area contributed by atoms with E-state index >= 15 is 0 Å². The second-order valence-corrected chi connectivity index (χ2v) is 9.96. The first-order valence-electron chi connectivity index (χ1n) is 10.8. The maximum Gasteiger partial charge on any atom is 0.246 e. The van der Waals surface area contributed by atoms with Crippen molar-refractivity contribution in [3.63, 3.8) is 0 Å². The molecule has 1 saturated heterocycles. The number of sulfonamides is 1. The Morgan fingerprint density at radius 1 is 0.967 bits per heavy atom. The van der Waals surface area contributed by atoms with Crippen molar-refractivity contribution in [2.45, 2.75) is 43.5 Å². The smallest absolute Gasteiger partial charge is 0.246 e. The van der Waals surface area contributed by atoms with Gasteiger partial charge in [-0.2, -0.15) is 4.31 Å². The van der Waals surface area contributed by atoms with E-state index in [-0.39, 0.29) is 11.4 Å². The van der Waals surface area contributed by atoms with Crippen LogP contribution in [0, 0.1) is 5.82 Å². The number of rotatable bonds is 7. The number of ether oxygens (including phenoxy) is 1. The minimum atomic E-state index is -3.87. The predicted molar refractivity (Wildman–Crippen MR) is 115 cm³/mol. The van der Waals surface area contributed by atoms with Gasteiger partial charge in [0.25, 0.3) is 0 Å². The second kappa shape index (κ2) is 9.45. The fourth-order valence-electron chi connectivity index (χ4n) is 4.26. The number of halogens is 1. The summed E-state index contributed by atoms with van der Waals surface area (Å²) in [6.07, 6.45) is 5.50. The van der Waals surface area contributed by atoms with Gasteiger partial charge in [-0.15, -0.1) is 0 Å². The lowest BCUT2D eigenvalue weighted by atomic mass is 10.0. The molecule has 0 aliphatic carbocycles. The van der Waals surface area contributed by atoms with Gasteiger partial charge in [-0.05, 0) is 74.2 Å². The molecule has 2 heterocycles. The summed E-state index contributed by atoms with van der Waals surface area (Å²) >= 11 is 0. The molecule has 2 aromatic rings. The van der Waals surface area contributed by atoms with Crippen molar-refractivity contribution in [3.05, 3.63) is 59.4 Å². The quantitative estimate of drug-likeness (QED) is 0.624. The molecule has 2 aromatic carbocycles. The Kier molecular flexibility index (Phi) is 6.71. The Bertz CT molecular complexity index is 974. The molecule has 0 saturated carbocycles. The number of benzene rings is 2. The van der Waals surface area contributed by atoms with Crippen LogP contribution in [-0.4, -0.2) is 50.4 Å². The molecule has 7 heteroatoms. The average molecular weight is 433 g/mol. The first-order valence-corrected chi connectivity index (χ1v) is 12.2. The Morgan fingerprint density at radius 2 is 1.77 bits per heavy atom. The zero-order chi connectivity index (χ0) is 21.0. The first kappa shape index (κ1) is 21.3. The van der Waals surface area contributed by atoms with E-state index in [9.17, 15) is 12.8 Å². The molecule has 0 bridgehead atoms. The number of nitrogens with zero attached hydrogens (tertiary/aromatic N) is 2. The molecule has 0 N–H and O–H groups in total. The zero-order valence-electron chi connectivity index (χ0n) is 17.2. The van der Waals surface area contributed by atoms with Crippen molar-refractivity contribution >= 4 is 10.0 Å². The molecule has 0 atom stereocenters. The molecule has 2 aliphatic heterocycles. The minimum Gasteiger partial charge on any atom is -0.494 e. The number of likely N-dealkylation sites (tertiary alicyclic amines) is 1. The van der Waals surface area contributed by atoms with Crippen LogP contribution in [0.1, 0.15) is 36.8 Å². The van der Waals surface area contributed by atoms with Crippen molar-refractivity contribution in [2.24, 2.45) is 0 Å². The van der Waals surface area contributed by atoms with Crippen molar-refractivity contribution in [3.8, 4) is 5.75 Å². The monoisotopic (exact) mass is 432 g/mol. The number of piperidine rings is 1. The Labute approximate surface area is 178 Å². The van der Waals surface area contributed by atoms with Gasteiger partial charge in [-0.25, -0.2) is 12.8 Å². The highest BCUT2D eigenvalue weighted by atomic mass is 32.2. The summed E-state index contributed by atoms with van der Waals surface area (Å²) in [7, 11) is -3.87. The lowest BCUT2D eigenvalue weighted by Crippen LogP contribution is -2.36. The van der Waals surface area contributed by atoms with E-state index in [2.05, 4.69) is 4.90 Å². The summed E-state index contributed by atoms with van der Waals surface area (Å²) in [5, 5.41) is 0. The van der Waals surface area contributed by atoms with E-state index in [1.54, 1.807) is 6.07 Å². The van der Waals surface area contributed by atoms with Crippen LogP contribution in [0.15, 0.2) is 47.4 Å². The van der Waals surface area contributed by atoms with Crippen LogP contribution in [-0.2, 0) is 23.0 Å². The van der Waals surface area contributed by atoms with Gasteiger partial charge >= 0.3 is 0 Å². The van der Waals surface area contributed by atoms with Crippen LogP contribution < -0.4 is 4.74 Å². The third-order valence-corrected chi connectivity index (χ3v) is 7.82. The van der Waals surface area contributed by atoms with Gasteiger partial charge in [0.05, 0.1) is 6.61 Å². The third-order valence-electron chi connectivity index (χ3n) is 5.95. The SMILES string of the molecule is O=S(=O)(c1ccccc1F)N1CCc2ccc(OCCCN3CCCCC3)cc2C1. The van der Waals surface area contributed by atoms with Crippen molar-refractivity contribution in [2.75, 3.05) is 32.8 Å².